The summed E-state index contributed by atoms with van der Waals surface area (Å²) in [5, 5.41) is 2.84. The third-order valence-corrected chi connectivity index (χ3v) is 3.57. The van der Waals surface area contributed by atoms with Gasteiger partial charge in [-0.3, -0.25) is 9.59 Å². The van der Waals surface area contributed by atoms with Crippen molar-refractivity contribution >= 4 is 11.8 Å². The maximum Gasteiger partial charge on any atom is 0.251 e. The Balaban J connectivity index is 1.54. The first-order valence-electron chi connectivity index (χ1n) is 7.20. The zero-order valence-electron chi connectivity index (χ0n) is 12.4. The minimum absolute atomic E-state index is 0.193. The van der Waals surface area contributed by atoms with Crippen molar-refractivity contribution in [1.82, 2.24) is 5.32 Å². The summed E-state index contributed by atoms with van der Waals surface area (Å²) in [7, 11) is 0. The van der Waals surface area contributed by atoms with Gasteiger partial charge in [-0.15, -0.1) is 0 Å². The average Bonchev–Trinajstić information content (AvgIpc) is 3.02. The van der Waals surface area contributed by atoms with E-state index >= 15 is 0 Å². The van der Waals surface area contributed by atoms with Gasteiger partial charge in [0.05, 0.1) is 0 Å². The van der Waals surface area contributed by atoms with Gasteiger partial charge in [0.25, 0.3) is 5.91 Å². The van der Waals surface area contributed by atoms with E-state index in [0.717, 1.165) is 17.1 Å². The molecule has 1 aliphatic rings. The Morgan fingerprint density at radius 2 is 1.70 bits per heavy atom. The molecule has 0 aromatic heterocycles. The predicted octanol–water partition coefficient (Wildman–Crippen LogP) is 1.49. The Bertz CT molecular complexity index is 741. The zero-order valence-corrected chi connectivity index (χ0v) is 12.4. The lowest BCUT2D eigenvalue weighted by molar-refractivity contribution is 0.0951. The van der Waals surface area contributed by atoms with E-state index in [0.29, 0.717) is 24.1 Å². The van der Waals surface area contributed by atoms with Crippen LogP contribution in [0.5, 0.6) is 11.5 Å². The summed E-state index contributed by atoms with van der Waals surface area (Å²) in [6, 6.07) is 12.0. The van der Waals surface area contributed by atoms with Gasteiger partial charge in [0.1, 0.15) is 0 Å². The Labute approximate surface area is 133 Å². The first kappa shape index (κ1) is 14.9. The lowest BCUT2D eigenvalue weighted by atomic mass is 10.1. The van der Waals surface area contributed by atoms with E-state index in [4.69, 9.17) is 15.2 Å². The number of carbonyl (C=O) groups is 2. The minimum atomic E-state index is -0.514. The number of hydrogen-bond donors (Lipinski definition) is 2. The molecule has 0 fully saturated rings. The molecule has 1 heterocycles. The van der Waals surface area contributed by atoms with Gasteiger partial charge in [0.2, 0.25) is 12.7 Å². The van der Waals surface area contributed by atoms with E-state index in [1.807, 2.05) is 18.2 Å². The van der Waals surface area contributed by atoms with Crippen LogP contribution in [0.25, 0.3) is 0 Å². The number of primary amides is 1. The van der Waals surface area contributed by atoms with E-state index in [2.05, 4.69) is 5.32 Å². The lowest BCUT2D eigenvalue weighted by Crippen LogP contribution is -2.25. The van der Waals surface area contributed by atoms with Gasteiger partial charge in [0.15, 0.2) is 11.5 Å². The molecule has 3 N–H and O–H groups in total. The average molecular weight is 312 g/mol. The van der Waals surface area contributed by atoms with E-state index in [-0.39, 0.29) is 12.7 Å². The van der Waals surface area contributed by atoms with Gasteiger partial charge in [-0.25, -0.2) is 0 Å². The van der Waals surface area contributed by atoms with Gasteiger partial charge in [-0.05, 0) is 48.4 Å². The van der Waals surface area contributed by atoms with Gasteiger partial charge in [-0.1, -0.05) is 6.07 Å². The molecule has 6 heteroatoms. The molecule has 3 rings (SSSR count). The topological polar surface area (TPSA) is 90.7 Å². The Kier molecular flexibility index (Phi) is 4.14. The van der Waals surface area contributed by atoms with Crippen LogP contribution in [0.2, 0.25) is 0 Å². The highest BCUT2D eigenvalue weighted by Crippen LogP contribution is 2.32. The van der Waals surface area contributed by atoms with Gasteiger partial charge < -0.3 is 20.5 Å². The van der Waals surface area contributed by atoms with Crippen molar-refractivity contribution in [3.05, 3.63) is 59.2 Å². The van der Waals surface area contributed by atoms with Crippen LogP contribution in [0.4, 0.5) is 0 Å². The quantitative estimate of drug-likeness (QED) is 0.875. The molecule has 0 saturated heterocycles. The first-order valence-corrected chi connectivity index (χ1v) is 7.20. The second kappa shape index (κ2) is 6.39. The molecule has 0 unspecified atom stereocenters. The highest BCUT2D eigenvalue weighted by molar-refractivity contribution is 5.97. The molecule has 0 bridgehead atoms. The maximum absolute atomic E-state index is 12.0. The Morgan fingerprint density at radius 3 is 2.43 bits per heavy atom. The number of ether oxygens (including phenoxy) is 2. The van der Waals surface area contributed by atoms with Gasteiger partial charge in [0, 0.05) is 17.7 Å². The second-order valence-electron chi connectivity index (χ2n) is 5.14. The fraction of sp³-hybridized carbons (Fsp3) is 0.176. The number of benzene rings is 2. The standard InChI is InChI=1S/C17H16N2O4/c18-16(20)12-2-4-13(5-3-12)17(21)19-8-7-11-1-6-14-15(9-11)23-10-22-14/h1-6,9H,7-8,10H2,(H2,18,20)(H,19,21). The van der Waals surface area contributed by atoms with Gasteiger partial charge in [-0.2, -0.15) is 0 Å². The summed E-state index contributed by atoms with van der Waals surface area (Å²) in [6.07, 6.45) is 0.682. The molecule has 2 aromatic carbocycles. The highest BCUT2D eigenvalue weighted by Gasteiger charge is 2.13. The fourth-order valence-corrected chi connectivity index (χ4v) is 2.30. The van der Waals surface area contributed by atoms with Gasteiger partial charge >= 0.3 is 0 Å². The largest absolute Gasteiger partial charge is 0.454 e. The van der Waals surface area contributed by atoms with Crippen molar-refractivity contribution in [3.8, 4) is 11.5 Å². The monoisotopic (exact) mass is 312 g/mol. The van der Waals surface area contributed by atoms with Crippen molar-refractivity contribution in [2.75, 3.05) is 13.3 Å². The van der Waals surface area contributed by atoms with Crippen LogP contribution in [0, 0.1) is 0 Å². The summed E-state index contributed by atoms with van der Waals surface area (Å²) >= 11 is 0. The van der Waals surface area contributed by atoms with E-state index in [1.165, 1.54) is 12.1 Å². The van der Waals surface area contributed by atoms with Crippen molar-refractivity contribution in [3.63, 3.8) is 0 Å². The molecule has 0 atom stereocenters. The number of carbonyl (C=O) groups excluding carboxylic acids is 2. The molecule has 118 valence electrons. The highest BCUT2D eigenvalue weighted by atomic mass is 16.7. The number of hydrogen-bond acceptors (Lipinski definition) is 4. The normalized spacial score (nSPS) is 12.0. The minimum Gasteiger partial charge on any atom is -0.454 e. The second-order valence-corrected chi connectivity index (χ2v) is 5.14. The zero-order chi connectivity index (χ0) is 16.2. The molecular weight excluding hydrogens is 296 g/mol. The third kappa shape index (κ3) is 3.42. The van der Waals surface area contributed by atoms with Crippen molar-refractivity contribution in [2.24, 2.45) is 5.73 Å². The summed E-state index contributed by atoms with van der Waals surface area (Å²) in [4.78, 5) is 23.0. The summed E-state index contributed by atoms with van der Waals surface area (Å²) in [6.45, 7) is 0.743. The summed E-state index contributed by atoms with van der Waals surface area (Å²) in [5.74, 6) is 0.768. The maximum atomic E-state index is 12.0. The lowest BCUT2D eigenvalue weighted by Gasteiger charge is -2.06. The van der Waals surface area contributed by atoms with E-state index in [9.17, 15) is 9.59 Å². The van der Waals surface area contributed by atoms with Crippen molar-refractivity contribution in [1.29, 1.82) is 0 Å². The van der Waals surface area contributed by atoms with E-state index < -0.39 is 5.91 Å². The van der Waals surface area contributed by atoms with Crippen LogP contribution >= 0.6 is 0 Å². The van der Waals surface area contributed by atoms with Crippen LogP contribution in [0.15, 0.2) is 42.5 Å². The third-order valence-electron chi connectivity index (χ3n) is 3.57. The Morgan fingerprint density at radius 1 is 1.00 bits per heavy atom. The van der Waals surface area contributed by atoms with Crippen molar-refractivity contribution in [2.45, 2.75) is 6.42 Å². The van der Waals surface area contributed by atoms with Crippen LogP contribution in [-0.2, 0) is 6.42 Å². The van der Waals surface area contributed by atoms with E-state index in [1.54, 1.807) is 12.1 Å². The van der Waals surface area contributed by atoms with Crippen molar-refractivity contribution < 1.29 is 19.1 Å². The molecule has 0 spiro atoms. The number of fused-ring (bicyclic) bond motifs is 1. The smallest absolute Gasteiger partial charge is 0.251 e. The number of amides is 2. The predicted molar refractivity (Wildman–Crippen MR) is 83.6 cm³/mol. The number of nitrogens with one attached hydrogen (secondary N) is 1. The first-order chi connectivity index (χ1) is 11.1. The Hall–Kier alpha value is -3.02. The molecule has 2 aromatic rings. The SMILES string of the molecule is NC(=O)c1ccc(C(=O)NCCc2ccc3c(c2)OCO3)cc1. The molecule has 23 heavy (non-hydrogen) atoms. The van der Waals surface area contributed by atoms with Crippen LogP contribution < -0.4 is 20.5 Å². The molecular formula is C17H16N2O4. The molecule has 0 radical (unpaired) electrons. The molecule has 0 saturated carbocycles. The van der Waals surface area contributed by atoms with Crippen LogP contribution in [0.3, 0.4) is 0 Å². The van der Waals surface area contributed by atoms with Crippen LogP contribution in [0.1, 0.15) is 26.3 Å². The molecule has 1 aliphatic heterocycles. The fourth-order valence-electron chi connectivity index (χ4n) is 2.30. The molecule has 2 amide bonds. The summed E-state index contributed by atoms with van der Waals surface area (Å²) < 4.78 is 10.6. The molecule has 6 nitrogen and oxygen atoms in total. The summed E-state index contributed by atoms with van der Waals surface area (Å²) in [5.41, 5.74) is 7.08. The van der Waals surface area contributed by atoms with Crippen LogP contribution in [-0.4, -0.2) is 25.2 Å². The number of nitrogens with two attached hydrogens (primary N) is 1. The molecule has 0 aliphatic carbocycles. The number of rotatable bonds is 5.